The highest BCUT2D eigenvalue weighted by molar-refractivity contribution is 6.33. The van der Waals surface area contributed by atoms with Gasteiger partial charge in [0.15, 0.2) is 5.82 Å². The Morgan fingerprint density at radius 2 is 1.70 bits per heavy atom. The van der Waals surface area contributed by atoms with Crippen LogP contribution < -0.4 is 5.69 Å². The lowest BCUT2D eigenvalue weighted by Crippen LogP contribution is -2.42. The largest absolute Gasteiger partial charge is 0.416 e. The van der Waals surface area contributed by atoms with Crippen molar-refractivity contribution in [3.8, 4) is 22.8 Å². The lowest BCUT2D eigenvalue weighted by molar-refractivity contribution is -0.218. The van der Waals surface area contributed by atoms with E-state index in [1.165, 1.54) is 18.2 Å². The van der Waals surface area contributed by atoms with E-state index >= 15 is 0 Å². The minimum absolute atomic E-state index is 0.00334. The van der Waals surface area contributed by atoms with Crippen LogP contribution in [0.5, 0.6) is 0 Å². The van der Waals surface area contributed by atoms with E-state index in [-0.39, 0.29) is 53.5 Å². The van der Waals surface area contributed by atoms with Crippen LogP contribution in [0.4, 0.5) is 26.3 Å². The van der Waals surface area contributed by atoms with Crippen molar-refractivity contribution in [2.75, 3.05) is 0 Å². The number of H-pyrrole nitrogens is 1. The molecule has 12 heteroatoms. The molecule has 1 fully saturated rings. The average Bonchev–Trinajstić information content (AvgIpc) is 3.34. The fourth-order valence-corrected chi connectivity index (χ4v) is 4.79. The second-order valence-electron chi connectivity index (χ2n) is 8.93. The van der Waals surface area contributed by atoms with Crippen LogP contribution in [0.1, 0.15) is 43.2 Å². The van der Waals surface area contributed by atoms with Crippen LogP contribution in [0.3, 0.4) is 0 Å². The SMILES string of the molecule is O=C(CCc1ccc(Cl)c(-c2nc(-c3cccc(C(F)(F)F)c3)nc(=O)[nH]2)c1)C1(C(F)(F)F)CCCC1. The Morgan fingerprint density at radius 3 is 2.35 bits per heavy atom. The van der Waals surface area contributed by atoms with Crippen molar-refractivity contribution < 1.29 is 31.1 Å². The average molecular weight is 544 g/mol. The molecule has 2 aromatic carbocycles. The summed E-state index contributed by atoms with van der Waals surface area (Å²) in [4.78, 5) is 35.1. The highest BCUT2D eigenvalue weighted by atomic mass is 35.5. The van der Waals surface area contributed by atoms with Gasteiger partial charge in [-0.3, -0.25) is 9.78 Å². The zero-order valence-electron chi connectivity index (χ0n) is 19.1. The molecule has 1 heterocycles. The Kier molecular flexibility index (Phi) is 7.20. The quantitative estimate of drug-likeness (QED) is 0.347. The number of Topliss-reactive ketones (excluding diaryl/α,β-unsaturated/α-hetero) is 1. The maximum Gasteiger partial charge on any atom is 0.416 e. The van der Waals surface area contributed by atoms with Gasteiger partial charge in [0.1, 0.15) is 17.0 Å². The van der Waals surface area contributed by atoms with Crippen molar-refractivity contribution in [1.29, 1.82) is 0 Å². The summed E-state index contributed by atoms with van der Waals surface area (Å²) in [6.45, 7) is 0. The molecule has 0 spiro atoms. The highest BCUT2D eigenvalue weighted by Gasteiger charge is 2.59. The number of halogens is 7. The van der Waals surface area contributed by atoms with Gasteiger partial charge in [0.2, 0.25) is 0 Å². The molecule has 5 nitrogen and oxygen atoms in total. The number of nitrogens with one attached hydrogen (secondary N) is 1. The number of nitrogens with zero attached hydrogens (tertiary/aromatic N) is 2. The first kappa shape index (κ1) is 26.8. The highest BCUT2D eigenvalue weighted by Crippen LogP contribution is 2.51. The molecule has 196 valence electrons. The molecule has 0 amide bonds. The van der Waals surface area contributed by atoms with E-state index in [1.54, 1.807) is 6.07 Å². The zero-order valence-corrected chi connectivity index (χ0v) is 19.9. The molecule has 0 bridgehead atoms. The predicted octanol–water partition coefficient (Wildman–Crippen LogP) is 6.80. The summed E-state index contributed by atoms with van der Waals surface area (Å²) in [7, 11) is 0. The van der Waals surface area contributed by atoms with Gasteiger partial charge in [-0.1, -0.05) is 42.6 Å². The Morgan fingerprint density at radius 1 is 1.00 bits per heavy atom. The predicted molar refractivity (Wildman–Crippen MR) is 124 cm³/mol. The molecular formula is C25H20ClF6N3O2. The topological polar surface area (TPSA) is 75.7 Å². The van der Waals surface area contributed by atoms with E-state index in [2.05, 4.69) is 15.0 Å². The van der Waals surface area contributed by atoms with Gasteiger partial charge in [0, 0.05) is 17.5 Å². The lowest BCUT2D eigenvalue weighted by atomic mass is 9.78. The van der Waals surface area contributed by atoms with Crippen molar-refractivity contribution in [1.82, 2.24) is 15.0 Å². The standard InChI is InChI=1S/C25H20ClF6N3O2/c26-18-8-6-14(7-9-19(36)23(25(30,31)32)10-1-2-11-23)12-17(18)21-33-20(34-22(37)35-21)15-4-3-5-16(13-15)24(27,28)29/h3-6,8,12-13H,1-2,7,9-11H2,(H,33,34,35,37). The molecule has 0 aliphatic heterocycles. The Bertz CT molecular complexity index is 1380. The summed E-state index contributed by atoms with van der Waals surface area (Å²) in [6, 6.07) is 8.60. The third kappa shape index (κ3) is 5.56. The smallest absolute Gasteiger partial charge is 0.299 e. The molecule has 0 saturated heterocycles. The first-order valence-electron chi connectivity index (χ1n) is 11.3. The summed E-state index contributed by atoms with van der Waals surface area (Å²) in [5.74, 6) is -1.22. The molecule has 1 saturated carbocycles. The van der Waals surface area contributed by atoms with Gasteiger partial charge in [-0.2, -0.15) is 31.3 Å². The van der Waals surface area contributed by atoms with Crippen LogP contribution in [0.25, 0.3) is 22.8 Å². The minimum atomic E-state index is -4.62. The normalized spacial score (nSPS) is 15.6. The molecule has 4 rings (SSSR count). The van der Waals surface area contributed by atoms with E-state index in [9.17, 15) is 35.9 Å². The molecule has 0 atom stereocenters. The van der Waals surface area contributed by atoms with E-state index in [1.807, 2.05) is 0 Å². The van der Waals surface area contributed by atoms with Gasteiger partial charge >= 0.3 is 18.0 Å². The lowest BCUT2D eigenvalue weighted by Gasteiger charge is -2.30. The van der Waals surface area contributed by atoms with Crippen molar-refractivity contribution in [2.45, 2.75) is 50.9 Å². The number of ketones is 1. The summed E-state index contributed by atoms with van der Waals surface area (Å²) in [5.41, 5.74) is -3.54. The molecule has 37 heavy (non-hydrogen) atoms. The summed E-state index contributed by atoms with van der Waals surface area (Å²) in [5, 5.41) is 0.127. The van der Waals surface area contributed by atoms with Crippen LogP contribution in [-0.4, -0.2) is 26.9 Å². The fraction of sp³-hybridized carbons (Fsp3) is 0.360. The molecule has 1 aliphatic carbocycles. The van der Waals surface area contributed by atoms with Crippen LogP contribution >= 0.6 is 11.6 Å². The van der Waals surface area contributed by atoms with E-state index < -0.39 is 34.8 Å². The van der Waals surface area contributed by atoms with Gasteiger partial charge in [-0.15, -0.1) is 0 Å². The maximum absolute atomic E-state index is 13.7. The van der Waals surface area contributed by atoms with E-state index in [4.69, 9.17) is 11.6 Å². The van der Waals surface area contributed by atoms with Gasteiger partial charge in [-0.25, -0.2) is 9.78 Å². The number of aromatic nitrogens is 3. The monoisotopic (exact) mass is 543 g/mol. The second kappa shape index (κ2) is 9.92. The van der Waals surface area contributed by atoms with Crippen LogP contribution in [0.2, 0.25) is 5.02 Å². The van der Waals surface area contributed by atoms with E-state index in [0.717, 1.165) is 18.2 Å². The summed E-state index contributed by atoms with van der Waals surface area (Å²) in [6.07, 6.45) is -9.34. The Balaban J connectivity index is 1.63. The number of carbonyl (C=O) groups excluding carboxylic acids is 1. The fourth-order valence-electron chi connectivity index (χ4n) is 4.58. The number of carbonyl (C=O) groups is 1. The van der Waals surface area contributed by atoms with E-state index in [0.29, 0.717) is 18.4 Å². The van der Waals surface area contributed by atoms with Crippen molar-refractivity contribution in [2.24, 2.45) is 5.41 Å². The van der Waals surface area contributed by atoms with Crippen LogP contribution in [-0.2, 0) is 17.4 Å². The molecule has 0 radical (unpaired) electrons. The third-order valence-electron chi connectivity index (χ3n) is 6.56. The molecule has 0 unspecified atom stereocenters. The number of hydrogen-bond acceptors (Lipinski definition) is 4. The van der Waals surface area contributed by atoms with Crippen LogP contribution in [0, 0.1) is 5.41 Å². The van der Waals surface area contributed by atoms with Gasteiger partial charge < -0.3 is 0 Å². The minimum Gasteiger partial charge on any atom is -0.299 e. The number of rotatable bonds is 6. The number of aryl methyl sites for hydroxylation is 1. The molecule has 1 aliphatic rings. The molecule has 1 N–H and O–H groups in total. The van der Waals surface area contributed by atoms with Crippen molar-refractivity contribution in [3.63, 3.8) is 0 Å². The molecule has 1 aromatic heterocycles. The zero-order chi connectivity index (χ0) is 27.0. The van der Waals surface area contributed by atoms with Crippen LogP contribution in [0.15, 0.2) is 47.3 Å². The summed E-state index contributed by atoms with van der Waals surface area (Å²) < 4.78 is 80.4. The van der Waals surface area contributed by atoms with Crippen molar-refractivity contribution >= 4 is 17.4 Å². The number of alkyl halides is 6. The number of aromatic amines is 1. The maximum atomic E-state index is 13.7. The Hall–Kier alpha value is -3.21. The number of hydrogen-bond donors (Lipinski definition) is 1. The molecule has 3 aromatic rings. The second-order valence-corrected chi connectivity index (χ2v) is 9.34. The van der Waals surface area contributed by atoms with Crippen molar-refractivity contribution in [3.05, 3.63) is 69.1 Å². The van der Waals surface area contributed by atoms with Gasteiger partial charge in [-0.05, 0) is 49.1 Å². The molecular weight excluding hydrogens is 524 g/mol. The first-order chi connectivity index (χ1) is 17.3. The first-order valence-corrected chi connectivity index (χ1v) is 11.7. The Labute approximate surface area is 211 Å². The third-order valence-corrected chi connectivity index (χ3v) is 6.89. The van der Waals surface area contributed by atoms with Gasteiger partial charge in [0.25, 0.3) is 0 Å². The summed E-state index contributed by atoms with van der Waals surface area (Å²) >= 11 is 6.27. The van der Waals surface area contributed by atoms with Gasteiger partial charge in [0.05, 0.1) is 10.6 Å². The number of benzene rings is 2.